The van der Waals surface area contributed by atoms with Crippen LogP contribution in [0.4, 0.5) is 0 Å². The summed E-state index contributed by atoms with van der Waals surface area (Å²) in [5, 5.41) is 10.3. The Kier molecular flexibility index (Phi) is 4.51. The van der Waals surface area contributed by atoms with Crippen LogP contribution in [-0.2, 0) is 13.5 Å². The molecule has 0 saturated heterocycles. The minimum absolute atomic E-state index is 0. The zero-order valence-corrected chi connectivity index (χ0v) is 8.89. The van der Waals surface area contributed by atoms with Crippen molar-refractivity contribution in [1.29, 1.82) is 0 Å². The van der Waals surface area contributed by atoms with Gasteiger partial charge in [0.15, 0.2) is 0 Å². The maximum atomic E-state index is 10.3. The maximum Gasteiger partial charge on any atom is 0.0725 e. The molecule has 0 aliphatic carbocycles. The summed E-state index contributed by atoms with van der Waals surface area (Å²) in [6.07, 6.45) is 0. The van der Waals surface area contributed by atoms with Crippen LogP contribution in [-0.4, -0.2) is 5.97 Å². The topological polar surface area (TPSA) is 40.1 Å². The van der Waals surface area contributed by atoms with Gasteiger partial charge in [-0.25, -0.2) is 0 Å². The lowest BCUT2D eigenvalue weighted by Crippen LogP contribution is -2.23. The third-order valence-electron chi connectivity index (χ3n) is 1.09. The number of hydrogen-bond acceptors (Lipinski definition) is 2. The number of carbonyl (C=O) groups is 1. The highest BCUT2D eigenvalue weighted by Crippen LogP contribution is 2.09. The van der Waals surface area contributed by atoms with Crippen molar-refractivity contribution in [3.05, 3.63) is 33.4 Å². The van der Waals surface area contributed by atoms with E-state index in [0.717, 1.165) is 0 Å². The quantitative estimate of drug-likeness (QED) is 0.531. The Labute approximate surface area is 85.2 Å². The highest BCUT2D eigenvalue weighted by atomic mass is 127. The standard InChI is InChI=1S/C7H5IO2.H2S/c8-6-4-2-1-3-5(6)7(9)10;/h1-4H,(H,9,10);1H2. The van der Waals surface area contributed by atoms with Crippen molar-refractivity contribution in [1.82, 2.24) is 0 Å². The monoisotopic (exact) mass is 282 g/mol. The average Bonchev–Trinajstić information content (AvgIpc) is 1.88. The SMILES string of the molecule is O=C([O-])c1ccccc1I.[SH3+]. The van der Waals surface area contributed by atoms with Crippen molar-refractivity contribution in [2.45, 2.75) is 0 Å². The van der Waals surface area contributed by atoms with E-state index in [1.54, 1.807) is 18.2 Å². The van der Waals surface area contributed by atoms with Crippen molar-refractivity contribution in [3.63, 3.8) is 0 Å². The van der Waals surface area contributed by atoms with Gasteiger partial charge in [-0.3, -0.25) is 0 Å². The summed E-state index contributed by atoms with van der Waals surface area (Å²) < 4.78 is 0.708. The molecule has 0 fully saturated rings. The zero-order chi connectivity index (χ0) is 7.56. The lowest BCUT2D eigenvalue weighted by molar-refractivity contribution is -0.255. The van der Waals surface area contributed by atoms with Crippen molar-refractivity contribution in [2.24, 2.45) is 0 Å². The maximum absolute atomic E-state index is 10.3. The molecule has 2 nitrogen and oxygen atoms in total. The molecule has 0 radical (unpaired) electrons. The van der Waals surface area contributed by atoms with Crippen LogP contribution in [0.25, 0.3) is 0 Å². The molecule has 60 valence electrons. The second kappa shape index (κ2) is 4.61. The number of hydrogen-bond donors (Lipinski definition) is 0. The Morgan fingerprint density at radius 2 is 1.91 bits per heavy atom. The second-order valence-corrected chi connectivity index (χ2v) is 2.93. The first kappa shape index (κ1) is 10.8. The minimum Gasteiger partial charge on any atom is -0.545 e. The lowest BCUT2D eigenvalue weighted by atomic mass is 10.2. The number of rotatable bonds is 1. The molecule has 0 bridgehead atoms. The molecule has 0 unspecified atom stereocenters. The molecule has 0 saturated carbocycles. The Hall–Kier alpha value is -0.230. The van der Waals surface area contributed by atoms with Gasteiger partial charge < -0.3 is 9.90 Å². The van der Waals surface area contributed by atoms with E-state index >= 15 is 0 Å². The van der Waals surface area contributed by atoms with Crippen LogP contribution in [0.15, 0.2) is 24.3 Å². The fourth-order valence-corrected chi connectivity index (χ4v) is 1.23. The molecule has 1 aromatic carbocycles. The van der Waals surface area contributed by atoms with Gasteiger partial charge in [-0.15, -0.1) is 0 Å². The predicted octanol–water partition coefficient (Wildman–Crippen LogP) is -0.151. The van der Waals surface area contributed by atoms with Gasteiger partial charge in [-0.1, -0.05) is 31.7 Å². The largest absolute Gasteiger partial charge is 0.545 e. The summed E-state index contributed by atoms with van der Waals surface area (Å²) in [7, 11) is 0. The Balaban J connectivity index is 0.000001000. The van der Waals surface area contributed by atoms with E-state index < -0.39 is 5.97 Å². The van der Waals surface area contributed by atoms with Gasteiger partial charge in [0.2, 0.25) is 0 Å². The molecule has 0 atom stereocenters. The molecule has 1 aromatic rings. The van der Waals surface area contributed by atoms with Gasteiger partial charge in [-0.05, 0) is 28.7 Å². The van der Waals surface area contributed by atoms with Crippen LogP contribution >= 0.6 is 22.6 Å². The van der Waals surface area contributed by atoms with Gasteiger partial charge in [-0.2, -0.15) is 0 Å². The van der Waals surface area contributed by atoms with Crippen LogP contribution < -0.4 is 5.11 Å². The number of carbonyl (C=O) groups excluding carboxylic acids is 1. The third kappa shape index (κ3) is 2.70. The van der Waals surface area contributed by atoms with E-state index in [1.165, 1.54) is 6.07 Å². The second-order valence-electron chi connectivity index (χ2n) is 1.77. The molecule has 0 spiro atoms. The highest BCUT2D eigenvalue weighted by Gasteiger charge is 1.95. The molecule has 0 N–H and O–H groups in total. The van der Waals surface area contributed by atoms with Gasteiger partial charge in [0.1, 0.15) is 0 Å². The third-order valence-corrected chi connectivity index (χ3v) is 2.03. The van der Waals surface area contributed by atoms with Gasteiger partial charge in [0.05, 0.1) is 5.97 Å². The smallest absolute Gasteiger partial charge is 0.0725 e. The summed E-state index contributed by atoms with van der Waals surface area (Å²) in [6.45, 7) is 0. The molecule has 0 amide bonds. The fraction of sp³-hybridized carbons (Fsp3) is 0. The van der Waals surface area contributed by atoms with Gasteiger partial charge >= 0.3 is 0 Å². The Morgan fingerprint density at radius 3 is 2.27 bits per heavy atom. The summed E-state index contributed by atoms with van der Waals surface area (Å²) in [5.41, 5.74) is 0.253. The van der Waals surface area contributed by atoms with E-state index in [4.69, 9.17) is 0 Å². The van der Waals surface area contributed by atoms with Gasteiger partial charge in [0, 0.05) is 9.13 Å². The van der Waals surface area contributed by atoms with Crippen molar-refractivity contribution in [3.8, 4) is 0 Å². The summed E-state index contributed by atoms with van der Waals surface area (Å²) >= 11 is 1.95. The van der Waals surface area contributed by atoms with Crippen LogP contribution in [0, 0.1) is 3.57 Å². The normalized spacial score (nSPS) is 8.45. The van der Waals surface area contributed by atoms with E-state index in [-0.39, 0.29) is 19.1 Å². The minimum atomic E-state index is -1.12. The highest BCUT2D eigenvalue weighted by molar-refractivity contribution is 14.1. The van der Waals surface area contributed by atoms with E-state index in [1.807, 2.05) is 22.6 Å². The Bertz CT molecular complexity index is 262. The fourth-order valence-electron chi connectivity index (χ4n) is 0.627. The first-order chi connectivity index (χ1) is 4.72. The summed E-state index contributed by atoms with van der Waals surface area (Å²) in [6, 6.07) is 6.71. The summed E-state index contributed by atoms with van der Waals surface area (Å²) in [4.78, 5) is 10.3. The predicted molar refractivity (Wildman–Crippen MR) is 55.0 cm³/mol. The number of benzene rings is 1. The van der Waals surface area contributed by atoms with Crippen LogP contribution in [0.3, 0.4) is 0 Å². The average molecular weight is 282 g/mol. The lowest BCUT2D eigenvalue weighted by Gasteiger charge is -2.02. The van der Waals surface area contributed by atoms with Crippen LogP contribution in [0.2, 0.25) is 0 Å². The number of carboxylic acid groups (broad SMARTS) is 1. The molecule has 11 heavy (non-hydrogen) atoms. The number of carboxylic acids is 1. The molecular weight excluding hydrogens is 275 g/mol. The first-order valence-electron chi connectivity index (χ1n) is 2.67. The molecule has 1 rings (SSSR count). The molecule has 0 aliphatic rings. The zero-order valence-electron chi connectivity index (χ0n) is 5.58. The summed E-state index contributed by atoms with van der Waals surface area (Å²) in [5.74, 6) is -1.12. The molecule has 0 aliphatic heterocycles. The van der Waals surface area contributed by atoms with Gasteiger partial charge in [0.25, 0.3) is 0 Å². The number of aromatic carboxylic acids is 1. The van der Waals surface area contributed by atoms with E-state index in [2.05, 4.69) is 0 Å². The van der Waals surface area contributed by atoms with Crippen molar-refractivity contribution in [2.75, 3.05) is 0 Å². The molecule has 0 heterocycles. The van der Waals surface area contributed by atoms with E-state index in [9.17, 15) is 9.90 Å². The van der Waals surface area contributed by atoms with E-state index in [0.29, 0.717) is 3.57 Å². The number of halogens is 1. The van der Waals surface area contributed by atoms with Crippen LogP contribution in [0.1, 0.15) is 10.4 Å². The molecule has 4 heteroatoms. The van der Waals surface area contributed by atoms with Crippen molar-refractivity contribution >= 4 is 42.1 Å². The Morgan fingerprint density at radius 1 is 1.36 bits per heavy atom. The van der Waals surface area contributed by atoms with Crippen molar-refractivity contribution < 1.29 is 9.90 Å². The first-order valence-corrected chi connectivity index (χ1v) is 3.75. The molecular formula is C7H7IO2S. The molecule has 0 aromatic heterocycles. The van der Waals surface area contributed by atoms with Crippen LogP contribution in [0.5, 0.6) is 0 Å².